The van der Waals surface area contributed by atoms with Gasteiger partial charge in [0.05, 0.1) is 17.1 Å². The van der Waals surface area contributed by atoms with Crippen molar-refractivity contribution in [2.24, 2.45) is 5.92 Å². The second-order valence-electron chi connectivity index (χ2n) is 6.76. The number of aromatic nitrogens is 1. The number of carbonyl (C=O) groups is 2. The third kappa shape index (κ3) is 3.28. The first-order valence-electron chi connectivity index (χ1n) is 9.20. The predicted octanol–water partition coefficient (Wildman–Crippen LogP) is 3.79. The number of para-hydroxylation sites is 2. The lowest BCUT2D eigenvalue weighted by Gasteiger charge is -2.18. The van der Waals surface area contributed by atoms with Crippen molar-refractivity contribution in [1.82, 2.24) is 4.98 Å². The van der Waals surface area contributed by atoms with Gasteiger partial charge in [0, 0.05) is 30.2 Å². The van der Waals surface area contributed by atoms with Crippen molar-refractivity contribution in [1.29, 1.82) is 0 Å². The lowest BCUT2D eigenvalue weighted by atomic mass is 10.1. The summed E-state index contributed by atoms with van der Waals surface area (Å²) in [5.41, 5.74) is 3.46. The maximum absolute atomic E-state index is 12.8. The molecule has 2 amide bonds. The molecule has 1 unspecified atom stereocenters. The minimum Gasteiger partial charge on any atom is -0.326 e. The van der Waals surface area contributed by atoms with Crippen molar-refractivity contribution < 1.29 is 9.59 Å². The SMILES string of the molecule is CCc1ccccc1NC(=O)C1CC(=O)N(c2cccc3cccnc23)C1. The van der Waals surface area contributed by atoms with Crippen LogP contribution in [0.15, 0.2) is 60.8 Å². The van der Waals surface area contributed by atoms with Crippen LogP contribution >= 0.6 is 0 Å². The summed E-state index contributed by atoms with van der Waals surface area (Å²) in [5.74, 6) is -0.529. The minimum atomic E-state index is -0.374. The van der Waals surface area contributed by atoms with Crippen LogP contribution in [-0.4, -0.2) is 23.3 Å². The number of nitrogens with one attached hydrogen (secondary N) is 1. The summed E-state index contributed by atoms with van der Waals surface area (Å²) in [6, 6.07) is 17.4. The van der Waals surface area contributed by atoms with Gasteiger partial charge in [-0.3, -0.25) is 14.6 Å². The Morgan fingerprint density at radius 3 is 2.81 bits per heavy atom. The number of rotatable bonds is 4. The molecule has 27 heavy (non-hydrogen) atoms. The number of amides is 2. The van der Waals surface area contributed by atoms with E-state index in [0.717, 1.165) is 34.3 Å². The molecule has 1 aliphatic heterocycles. The second-order valence-corrected chi connectivity index (χ2v) is 6.76. The molecule has 136 valence electrons. The zero-order valence-electron chi connectivity index (χ0n) is 15.2. The van der Waals surface area contributed by atoms with Gasteiger partial charge in [-0.25, -0.2) is 0 Å². The molecule has 5 heteroatoms. The molecule has 5 nitrogen and oxygen atoms in total. The van der Waals surface area contributed by atoms with Crippen molar-refractivity contribution in [3.05, 3.63) is 66.4 Å². The fourth-order valence-corrected chi connectivity index (χ4v) is 3.61. The molecular weight excluding hydrogens is 338 g/mol. The van der Waals surface area contributed by atoms with Crippen LogP contribution in [0.1, 0.15) is 18.9 Å². The molecule has 0 aliphatic carbocycles. The highest BCUT2D eigenvalue weighted by molar-refractivity contribution is 6.07. The number of fused-ring (bicyclic) bond motifs is 1. The highest BCUT2D eigenvalue weighted by Gasteiger charge is 2.36. The first-order chi connectivity index (χ1) is 13.2. The number of hydrogen-bond donors (Lipinski definition) is 1. The van der Waals surface area contributed by atoms with Gasteiger partial charge in [-0.05, 0) is 30.2 Å². The van der Waals surface area contributed by atoms with E-state index in [4.69, 9.17) is 0 Å². The van der Waals surface area contributed by atoms with Crippen molar-refractivity contribution in [3.8, 4) is 0 Å². The molecule has 1 atom stereocenters. The molecule has 0 radical (unpaired) electrons. The van der Waals surface area contributed by atoms with Gasteiger partial charge in [-0.15, -0.1) is 0 Å². The van der Waals surface area contributed by atoms with Gasteiger partial charge in [0.1, 0.15) is 0 Å². The van der Waals surface area contributed by atoms with Crippen molar-refractivity contribution >= 4 is 34.1 Å². The Bertz CT molecular complexity index is 1010. The molecule has 1 aromatic heterocycles. The topological polar surface area (TPSA) is 62.3 Å². The van der Waals surface area contributed by atoms with E-state index >= 15 is 0 Å². The Labute approximate surface area is 158 Å². The molecular formula is C22H21N3O2. The zero-order chi connectivity index (χ0) is 18.8. The summed E-state index contributed by atoms with van der Waals surface area (Å²) in [4.78, 5) is 31.5. The smallest absolute Gasteiger partial charge is 0.229 e. The van der Waals surface area contributed by atoms with Crippen LogP contribution in [0.5, 0.6) is 0 Å². The Balaban J connectivity index is 1.56. The van der Waals surface area contributed by atoms with E-state index in [1.54, 1.807) is 11.1 Å². The van der Waals surface area contributed by atoms with Gasteiger partial charge in [-0.1, -0.05) is 43.3 Å². The monoisotopic (exact) mass is 359 g/mol. The molecule has 4 rings (SSSR count). The largest absolute Gasteiger partial charge is 0.326 e. The number of nitrogens with zero attached hydrogens (tertiary/aromatic N) is 2. The Morgan fingerprint density at radius 1 is 1.15 bits per heavy atom. The fraction of sp³-hybridized carbons (Fsp3) is 0.227. The van der Waals surface area contributed by atoms with Gasteiger partial charge in [0.2, 0.25) is 11.8 Å². The third-order valence-corrected chi connectivity index (χ3v) is 5.05. The van der Waals surface area contributed by atoms with Gasteiger partial charge in [-0.2, -0.15) is 0 Å². The molecule has 3 aromatic rings. The Morgan fingerprint density at radius 2 is 1.96 bits per heavy atom. The van der Waals surface area contributed by atoms with Crippen molar-refractivity contribution in [2.75, 3.05) is 16.8 Å². The molecule has 1 saturated heterocycles. The average Bonchev–Trinajstić information content (AvgIpc) is 3.09. The number of anilines is 2. The first-order valence-corrected chi connectivity index (χ1v) is 9.20. The summed E-state index contributed by atoms with van der Waals surface area (Å²) in [5, 5.41) is 3.98. The van der Waals surface area contributed by atoms with E-state index in [-0.39, 0.29) is 24.2 Å². The lowest BCUT2D eigenvalue weighted by Crippen LogP contribution is -2.28. The maximum Gasteiger partial charge on any atom is 0.229 e. The summed E-state index contributed by atoms with van der Waals surface area (Å²) in [6.07, 6.45) is 2.77. The Hall–Kier alpha value is -3.21. The molecule has 1 N–H and O–H groups in total. The number of benzene rings is 2. The maximum atomic E-state index is 12.8. The van der Waals surface area contributed by atoms with Crippen LogP contribution in [0.4, 0.5) is 11.4 Å². The van der Waals surface area contributed by atoms with Crippen LogP contribution in [-0.2, 0) is 16.0 Å². The standard InChI is InChI=1S/C22H21N3O2/c1-2-15-7-3-4-10-18(15)24-22(27)17-13-20(26)25(14-17)19-11-5-8-16-9-6-12-23-21(16)19/h3-12,17H,2,13-14H2,1H3,(H,24,27). The third-order valence-electron chi connectivity index (χ3n) is 5.05. The van der Waals surface area contributed by atoms with Crippen LogP contribution in [0.3, 0.4) is 0 Å². The molecule has 1 fully saturated rings. The molecule has 0 saturated carbocycles. The van der Waals surface area contributed by atoms with Gasteiger partial charge in [0.25, 0.3) is 0 Å². The van der Waals surface area contributed by atoms with Crippen molar-refractivity contribution in [2.45, 2.75) is 19.8 Å². The molecule has 1 aliphatic rings. The molecule has 2 aromatic carbocycles. The fourth-order valence-electron chi connectivity index (χ4n) is 3.61. The minimum absolute atomic E-state index is 0.0444. The number of hydrogen-bond acceptors (Lipinski definition) is 3. The number of aryl methyl sites for hydroxylation is 1. The quantitative estimate of drug-likeness (QED) is 0.771. The van der Waals surface area contributed by atoms with E-state index in [1.165, 1.54) is 0 Å². The molecule has 0 bridgehead atoms. The number of pyridine rings is 1. The zero-order valence-corrected chi connectivity index (χ0v) is 15.2. The highest BCUT2D eigenvalue weighted by atomic mass is 16.2. The molecule has 0 spiro atoms. The lowest BCUT2D eigenvalue weighted by molar-refractivity contribution is -0.122. The van der Waals surface area contributed by atoms with E-state index in [2.05, 4.69) is 17.2 Å². The van der Waals surface area contributed by atoms with Gasteiger partial charge in [0.15, 0.2) is 0 Å². The van der Waals surface area contributed by atoms with E-state index < -0.39 is 0 Å². The van der Waals surface area contributed by atoms with E-state index in [9.17, 15) is 9.59 Å². The van der Waals surface area contributed by atoms with E-state index in [0.29, 0.717) is 6.54 Å². The van der Waals surface area contributed by atoms with Crippen LogP contribution < -0.4 is 10.2 Å². The van der Waals surface area contributed by atoms with Gasteiger partial charge < -0.3 is 10.2 Å². The summed E-state index contributed by atoms with van der Waals surface area (Å²) in [7, 11) is 0. The van der Waals surface area contributed by atoms with Crippen LogP contribution in [0.25, 0.3) is 10.9 Å². The first kappa shape index (κ1) is 17.2. The normalized spacial score (nSPS) is 16.7. The van der Waals surface area contributed by atoms with Crippen LogP contribution in [0, 0.1) is 5.92 Å². The second kappa shape index (κ2) is 7.19. The highest BCUT2D eigenvalue weighted by Crippen LogP contribution is 2.31. The van der Waals surface area contributed by atoms with Gasteiger partial charge >= 0.3 is 0 Å². The van der Waals surface area contributed by atoms with E-state index in [1.807, 2.05) is 54.6 Å². The average molecular weight is 359 g/mol. The summed E-state index contributed by atoms with van der Waals surface area (Å²) < 4.78 is 0. The summed E-state index contributed by atoms with van der Waals surface area (Å²) in [6.45, 7) is 2.42. The molecule has 2 heterocycles. The summed E-state index contributed by atoms with van der Waals surface area (Å²) >= 11 is 0. The van der Waals surface area contributed by atoms with Crippen molar-refractivity contribution in [3.63, 3.8) is 0 Å². The Kier molecular flexibility index (Phi) is 4.59. The number of carbonyl (C=O) groups excluding carboxylic acids is 2. The predicted molar refractivity (Wildman–Crippen MR) is 107 cm³/mol. The van der Waals surface area contributed by atoms with Crippen LogP contribution in [0.2, 0.25) is 0 Å².